The fraction of sp³-hybridized carbons (Fsp3) is 0.538. The molecule has 0 atom stereocenters. The van der Waals surface area contributed by atoms with E-state index in [0.717, 1.165) is 11.1 Å². The van der Waals surface area contributed by atoms with Gasteiger partial charge in [-0.15, -0.1) is 0 Å². The van der Waals surface area contributed by atoms with Crippen molar-refractivity contribution < 1.29 is 18.3 Å². The third kappa shape index (κ3) is 3.46. The Hall–Kier alpha value is -1.11. The van der Waals surface area contributed by atoms with E-state index in [2.05, 4.69) is 0 Å². The van der Waals surface area contributed by atoms with Gasteiger partial charge in [-0.05, 0) is 36.6 Å². The van der Waals surface area contributed by atoms with Crippen molar-refractivity contribution in [1.82, 2.24) is 4.31 Å². The van der Waals surface area contributed by atoms with Gasteiger partial charge in [0.1, 0.15) is 5.75 Å². The third-order valence-corrected chi connectivity index (χ3v) is 5.03. The Kier molecular flexibility index (Phi) is 4.44. The summed E-state index contributed by atoms with van der Waals surface area (Å²) in [7, 11) is -3.28. The minimum atomic E-state index is -3.28. The Balaban J connectivity index is 2.08. The minimum absolute atomic E-state index is 0.00892. The minimum Gasteiger partial charge on any atom is -0.508 e. The smallest absolute Gasteiger partial charge is 0.216 e. The van der Waals surface area contributed by atoms with Crippen LogP contribution in [0.25, 0.3) is 0 Å². The standard InChI is InChI=1S/C13H19NO4S/c1-2-18-7-8-19(16,17)14-6-5-11-3-4-13(15)9-12(11)10-14/h3-4,9,15H,2,5-8,10H2,1H3. The molecular weight excluding hydrogens is 266 g/mol. The molecule has 1 aromatic carbocycles. The van der Waals surface area contributed by atoms with Gasteiger partial charge in [0.25, 0.3) is 0 Å². The molecule has 0 aliphatic carbocycles. The van der Waals surface area contributed by atoms with Gasteiger partial charge < -0.3 is 9.84 Å². The van der Waals surface area contributed by atoms with Gasteiger partial charge in [-0.25, -0.2) is 8.42 Å². The van der Waals surface area contributed by atoms with Crippen LogP contribution in [-0.2, 0) is 27.7 Å². The molecule has 0 aromatic heterocycles. The van der Waals surface area contributed by atoms with Gasteiger partial charge in [0.05, 0.1) is 12.4 Å². The molecule has 0 unspecified atom stereocenters. The van der Waals surface area contributed by atoms with Crippen LogP contribution >= 0.6 is 0 Å². The molecule has 19 heavy (non-hydrogen) atoms. The van der Waals surface area contributed by atoms with Gasteiger partial charge in [0.2, 0.25) is 10.0 Å². The molecule has 1 heterocycles. The van der Waals surface area contributed by atoms with E-state index in [0.29, 0.717) is 26.1 Å². The number of phenols is 1. The first-order valence-electron chi connectivity index (χ1n) is 6.39. The summed E-state index contributed by atoms with van der Waals surface area (Å²) >= 11 is 0. The Morgan fingerprint density at radius 2 is 2.16 bits per heavy atom. The van der Waals surface area contributed by atoms with Crippen molar-refractivity contribution in [3.05, 3.63) is 29.3 Å². The number of nitrogens with zero attached hydrogens (tertiary/aromatic N) is 1. The average Bonchev–Trinajstić information content (AvgIpc) is 2.38. The van der Waals surface area contributed by atoms with E-state index >= 15 is 0 Å². The van der Waals surface area contributed by atoms with E-state index < -0.39 is 10.0 Å². The Labute approximate surface area is 113 Å². The van der Waals surface area contributed by atoms with Crippen LogP contribution in [0.5, 0.6) is 5.75 Å². The van der Waals surface area contributed by atoms with E-state index in [9.17, 15) is 13.5 Å². The molecule has 5 nitrogen and oxygen atoms in total. The van der Waals surface area contributed by atoms with Crippen molar-refractivity contribution in [2.24, 2.45) is 0 Å². The molecule has 0 saturated heterocycles. The number of aromatic hydroxyl groups is 1. The summed E-state index contributed by atoms with van der Waals surface area (Å²) in [6.45, 7) is 3.41. The van der Waals surface area contributed by atoms with E-state index in [1.54, 1.807) is 12.1 Å². The van der Waals surface area contributed by atoms with E-state index in [4.69, 9.17) is 4.74 Å². The second-order valence-corrected chi connectivity index (χ2v) is 6.64. The van der Waals surface area contributed by atoms with Crippen molar-refractivity contribution in [3.8, 4) is 5.75 Å². The Morgan fingerprint density at radius 3 is 2.89 bits per heavy atom. The lowest BCUT2D eigenvalue weighted by Crippen LogP contribution is -2.38. The molecule has 0 bridgehead atoms. The van der Waals surface area contributed by atoms with Gasteiger partial charge in [-0.2, -0.15) is 4.31 Å². The van der Waals surface area contributed by atoms with Gasteiger partial charge in [-0.1, -0.05) is 6.07 Å². The highest BCUT2D eigenvalue weighted by molar-refractivity contribution is 7.89. The lowest BCUT2D eigenvalue weighted by atomic mass is 10.0. The molecule has 0 radical (unpaired) electrons. The van der Waals surface area contributed by atoms with Crippen LogP contribution in [0.15, 0.2) is 18.2 Å². The van der Waals surface area contributed by atoms with Crippen molar-refractivity contribution in [1.29, 1.82) is 0 Å². The van der Waals surface area contributed by atoms with Crippen LogP contribution in [-0.4, -0.2) is 43.3 Å². The summed E-state index contributed by atoms with van der Waals surface area (Å²) in [6, 6.07) is 5.13. The molecule has 106 valence electrons. The predicted octanol–water partition coefficient (Wildman–Crippen LogP) is 1.12. The number of phenolic OH excluding ortho intramolecular Hbond substituents is 1. The lowest BCUT2D eigenvalue weighted by molar-refractivity contribution is 0.162. The van der Waals surface area contributed by atoms with Crippen molar-refractivity contribution in [2.45, 2.75) is 19.9 Å². The number of fused-ring (bicyclic) bond motifs is 1. The Bertz CT molecular complexity index is 542. The maximum absolute atomic E-state index is 12.1. The summed E-state index contributed by atoms with van der Waals surface area (Å²) in [4.78, 5) is 0. The molecule has 2 rings (SSSR count). The molecule has 1 N–H and O–H groups in total. The monoisotopic (exact) mass is 285 g/mol. The number of hydrogen-bond acceptors (Lipinski definition) is 4. The molecular formula is C13H19NO4S. The largest absolute Gasteiger partial charge is 0.508 e. The zero-order chi connectivity index (χ0) is 13.9. The molecule has 0 spiro atoms. The molecule has 6 heteroatoms. The summed E-state index contributed by atoms with van der Waals surface area (Å²) in [6.07, 6.45) is 0.684. The topological polar surface area (TPSA) is 66.8 Å². The van der Waals surface area contributed by atoms with Crippen molar-refractivity contribution >= 4 is 10.0 Å². The van der Waals surface area contributed by atoms with Gasteiger partial charge in [0.15, 0.2) is 0 Å². The van der Waals surface area contributed by atoms with Crippen LogP contribution in [0.4, 0.5) is 0 Å². The predicted molar refractivity (Wildman–Crippen MR) is 72.5 cm³/mol. The fourth-order valence-corrected chi connectivity index (χ4v) is 3.48. The molecule has 0 amide bonds. The number of rotatable bonds is 5. The van der Waals surface area contributed by atoms with Crippen molar-refractivity contribution in [3.63, 3.8) is 0 Å². The zero-order valence-corrected chi connectivity index (χ0v) is 11.8. The van der Waals surface area contributed by atoms with Crippen LogP contribution in [0.1, 0.15) is 18.1 Å². The highest BCUT2D eigenvalue weighted by Gasteiger charge is 2.26. The lowest BCUT2D eigenvalue weighted by Gasteiger charge is -2.28. The maximum atomic E-state index is 12.1. The first kappa shape index (κ1) is 14.3. The van der Waals surface area contributed by atoms with Gasteiger partial charge in [0, 0.05) is 19.7 Å². The molecule has 0 saturated carbocycles. The normalized spacial score (nSPS) is 16.3. The number of hydrogen-bond donors (Lipinski definition) is 1. The number of benzene rings is 1. The van der Waals surface area contributed by atoms with Gasteiger partial charge >= 0.3 is 0 Å². The van der Waals surface area contributed by atoms with Crippen molar-refractivity contribution in [2.75, 3.05) is 25.5 Å². The summed E-state index contributed by atoms with van der Waals surface area (Å²) in [5.74, 6) is 0.182. The number of sulfonamides is 1. The zero-order valence-electron chi connectivity index (χ0n) is 11.0. The fourth-order valence-electron chi connectivity index (χ4n) is 2.19. The maximum Gasteiger partial charge on any atom is 0.216 e. The second-order valence-electron chi connectivity index (χ2n) is 4.55. The molecule has 1 aliphatic rings. The highest BCUT2D eigenvalue weighted by Crippen LogP contribution is 2.24. The Morgan fingerprint density at radius 1 is 1.37 bits per heavy atom. The van der Waals surface area contributed by atoms with Crippen LogP contribution in [0, 0.1) is 0 Å². The van der Waals surface area contributed by atoms with E-state index in [1.165, 1.54) is 4.31 Å². The first-order valence-corrected chi connectivity index (χ1v) is 8.00. The molecule has 1 aliphatic heterocycles. The first-order chi connectivity index (χ1) is 9.03. The molecule has 1 aromatic rings. The number of ether oxygens (including phenoxy) is 1. The second kappa shape index (κ2) is 5.90. The van der Waals surface area contributed by atoms with Crippen LogP contribution in [0.2, 0.25) is 0 Å². The van der Waals surface area contributed by atoms with Crippen LogP contribution < -0.4 is 0 Å². The van der Waals surface area contributed by atoms with E-state index in [-0.39, 0.29) is 18.1 Å². The quantitative estimate of drug-likeness (QED) is 0.823. The highest BCUT2D eigenvalue weighted by atomic mass is 32.2. The summed E-state index contributed by atoms with van der Waals surface area (Å²) < 4.78 is 30.8. The third-order valence-electron chi connectivity index (χ3n) is 3.25. The molecule has 0 fully saturated rings. The summed E-state index contributed by atoms with van der Waals surface area (Å²) in [5.41, 5.74) is 1.99. The van der Waals surface area contributed by atoms with E-state index in [1.807, 2.05) is 13.0 Å². The average molecular weight is 285 g/mol. The van der Waals surface area contributed by atoms with Crippen LogP contribution in [0.3, 0.4) is 0 Å². The SMILES string of the molecule is CCOCCS(=O)(=O)N1CCc2ccc(O)cc2C1. The summed E-state index contributed by atoms with van der Waals surface area (Å²) in [5, 5.41) is 9.46. The van der Waals surface area contributed by atoms with Gasteiger partial charge in [-0.3, -0.25) is 0 Å².